The SMILES string of the molecule is O=[N+]([O-])c1ccccc1-c1ccc2c(c1)C1(c3ccccc3-c3ccccc31)c1ccccc1-2. The lowest BCUT2D eigenvalue weighted by Gasteiger charge is -2.30. The molecular formula is C31H19NO2. The molecule has 160 valence electrons. The second kappa shape index (κ2) is 6.75. The van der Waals surface area contributed by atoms with Crippen LogP contribution in [0.25, 0.3) is 33.4 Å². The van der Waals surface area contributed by atoms with Gasteiger partial charge in [0.05, 0.1) is 15.9 Å². The van der Waals surface area contributed by atoms with E-state index < -0.39 is 5.41 Å². The van der Waals surface area contributed by atoms with Gasteiger partial charge in [0.2, 0.25) is 0 Å². The fourth-order valence-corrected chi connectivity index (χ4v) is 6.14. The van der Waals surface area contributed by atoms with E-state index >= 15 is 0 Å². The van der Waals surface area contributed by atoms with Gasteiger partial charge >= 0.3 is 0 Å². The summed E-state index contributed by atoms with van der Waals surface area (Å²) in [5, 5.41) is 11.8. The van der Waals surface area contributed by atoms with E-state index in [2.05, 4.69) is 84.9 Å². The van der Waals surface area contributed by atoms with Crippen LogP contribution in [0.1, 0.15) is 22.3 Å². The van der Waals surface area contributed by atoms with E-state index in [1.54, 1.807) is 12.1 Å². The lowest BCUT2D eigenvalue weighted by Crippen LogP contribution is -2.25. The van der Waals surface area contributed by atoms with Crippen molar-refractivity contribution in [3.63, 3.8) is 0 Å². The average Bonchev–Trinajstić information content (AvgIpc) is 3.36. The number of para-hydroxylation sites is 1. The zero-order valence-corrected chi connectivity index (χ0v) is 18.2. The van der Waals surface area contributed by atoms with Crippen LogP contribution >= 0.6 is 0 Å². The molecule has 0 saturated carbocycles. The molecule has 7 rings (SSSR count). The fraction of sp³-hybridized carbons (Fsp3) is 0.0323. The molecule has 3 nitrogen and oxygen atoms in total. The first-order chi connectivity index (χ1) is 16.7. The minimum Gasteiger partial charge on any atom is -0.258 e. The summed E-state index contributed by atoms with van der Waals surface area (Å²) in [5.41, 5.74) is 11.1. The molecule has 5 aromatic carbocycles. The van der Waals surface area contributed by atoms with Crippen molar-refractivity contribution in [2.75, 3.05) is 0 Å². The molecular weight excluding hydrogens is 418 g/mol. The monoisotopic (exact) mass is 437 g/mol. The molecule has 0 amide bonds. The van der Waals surface area contributed by atoms with Gasteiger partial charge in [-0.25, -0.2) is 0 Å². The van der Waals surface area contributed by atoms with Gasteiger partial charge in [-0.2, -0.15) is 0 Å². The number of nitro groups is 1. The molecule has 1 spiro atoms. The Balaban J connectivity index is 1.61. The Morgan fingerprint density at radius 2 is 0.941 bits per heavy atom. The highest BCUT2D eigenvalue weighted by atomic mass is 16.6. The first-order valence-electron chi connectivity index (χ1n) is 11.4. The number of fused-ring (bicyclic) bond motifs is 10. The zero-order chi connectivity index (χ0) is 22.9. The maximum Gasteiger partial charge on any atom is 0.277 e. The van der Waals surface area contributed by atoms with Crippen molar-refractivity contribution >= 4 is 5.69 Å². The molecule has 5 aromatic rings. The predicted octanol–water partition coefficient (Wildman–Crippen LogP) is 7.61. The number of nitrogens with zero attached hydrogens (tertiary/aromatic N) is 1. The van der Waals surface area contributed by atoms with Crippen LogP contribution in [0.3, 0.4) is 0 Å². The highest BCUT2D eigenvalue weighted by molar-refractivity contribution is 5.96. The molecule has 2 aliphatic carbocycles. The highest BCUT2D eigenvalue weighted by Crippen LogP contribution is 2.63. The fourth-order valence-electron chi connectivity index (χ4n) is 6.14. The van der Waals surface area contributed by atoms with Crippen LogP contribution in [-0.4, -0.2) is 4.92 Å². The molecule has 0 unspecified atom stereocenters. The van der Waals surface area contributed by atoms with Crippen LogP contribution in [0, 0.1) is 10.1 Å². The molecule has 0 saturated heterocycles. The van der Waals surface area contributed by atoms with Crippen molar-refractivity contribution in [3.8, 4) is 33.4 Å². The number of hydrogen-bond acceptors (Lipinski definition) is 2. The first kappa shape index (κ1) is 19.0. The van der Waals surface area contributed by atoms with Crippen LogP contribution in [0.2, 0.25) is 0 Å². The Kier molecular flexibility index (Phi) is 3.78. The number of rotatable bonds is 2. The van der Waals surface area contributed by atoms with Crippen molar-refractivity contribution in [1.29, 1.82) is 0 Å². The summed E-state index contributed by atoms with van der Waals surface area (Å²) < 4.78 is 0. The number of hydrogen-bond donors (Lipinski definition) is 0. The summed E-state index contributed by atoms with van der Waals surface area (Å²) in [7, 11) is 0. The minimum absolute atomic E-state index is 0.124. The Morgan fingerprint density at radius 3 is 1.47 bits per heavy atom. The number of nitro benzene ring substituents is 1. The van der Waals surface area contributed by atoms with Crippen molar-refractivity contribution < 1.29 is 4.92 Å². The van der Waals surface area contributed by atoms with Gasteiger partial charge in [0.15, 0.2) is 0 Å². The van der Waals surface area contributed by atoms with E-state index in [1.807, 2.05) is 18.2 Å². The van der Waals surface area contributed by atoms with E-state index in [-0.39, 0.29) is 10.6 Å². The smallest absolute Gasteiger partial charge is 0.258 e. The average molecular weight is 437 g/mol. The molecule has 3 heteroatoms. The second-order valence-electron chi connectivity index (χ2n) is 8.92. The van der Waals surface area contributed by atoms with E-state index in [1.165, 1.54) is 44.5 Å². The largest absolute Gasteiger partial charge is 0.277 e. The summed E-state index contributed by atoms with van der Waals surface area (Å²) in [6.07, 6.45) is 0. The summed E-state index contributed by atoms with van der Waals surface area (Å²) in [6.45, 7) is 0. The van der Waals surface area contributed by atoms with Crippen molar-refractivity contribution in [2.45, 2.75) is 5.41 Å². The standard InChI is InChI=1S/C31H19NO2/c33-32(34)30-16-8-4-9-21(30)20-17-18-25-24-12-3-7-15-28(24)31(29(25)19-20)26-13-5-1-10-22(26)23-11-2-6-14-27(23)31/h1-19H. The molecule has 0 heterocycles. The topological polar surface area (TPSA) is 43.1 Å². The Bertz CT molecular complexity index is 1590. The van der Waals surface area contributed by atoms with E-state index in [0.29, 0.717) is 5.56 Å². The van der Waals surface area contributed by atoms with Gasteiger partial charge in [-0.3, -0.25) is 10.1 Å². The third-order valence-electron chi connectivity index (χ3n) is 7.41. The quantitative estimate of drug-likeness (QED) is 0.206. The summed E-state index contributed by atoms with van der Waals surface area (Å²) in [5.74, 6) is 0. The van der Waals surface area contributed by atoms with Gasteiger partial charge in [-0.15, -0.1) is 0 Å². The molecule has 0 aliphatic heterocycles. The predicted molar refractivity (Wildman–Crippen MR) is 135 cm³/mol. The van der Waals surface area contributed by atoms with Gasteiger partial charge in [-0.1, -0.05) is 97.1 Å². The molecule has 0 N–H and O–H groups in total. The van der Waals surface area contributed by atoms with Crippen LogP contribution in [-0.2, 0) is 5.41 Å². The van der Waals surface area contributed by atoms with Gasteiger partial charge in [0, 0.05) is 6.07 Å². The third-order valence-corrected chi connectivity index (χ3v) is 7.41. The third kappa shape index (κ3) is 2.26. The second-order valence-corrected chi connectivity index (χ2v) is 8.92. The van der Waals surface area contributed by atoms with E-state index in [4.69, 9.17) is 0 Å². The molecule has 0 bridgehead atoms. The van der Waals surface area contributed by atoms with Gasteiger partial charge in [-0.05, 0) is 62.2 Å². The van der Waals surface area contributed by atoms with Gasteiger partial charge in [0.1, 0.15) is 0 Å². The van der Waals surface area contributed by atoms with E-state index in [0.717, 1.165) is 5.56 Å². The molecule has 2 aliphatic rings. The highest BCUT2D eigenvalue weighted by Gasteiger charge is 2.51. The Hall–Kier alpha value is -4.50. The molecule has 34 heavy (non-hydrogen) atoms. The van der Waals surface area contributed by atoms with Crippen LogP contribution in [0.4, 0.5) is 5.69 Å². The molecule has 0 radical (unpaired) electrons. The lowest BCUT2D eigenvalue weighted by molar-refractivity contribution is -0.384. The van der Waals surface area contributed by atoms with Crippen LogP contribution in [0.15, 0.2) is 115 Å². The van der Waals surface area contributed by atoms with Crippen molar-refractivity contribution in [1.82, 2.24) is 0 Å². The van der Waals surface area contributed by atoms with Gasteiger partial charge in [0.25, 0.3) is 5.69 Å². The normalized spacial score (nSPS) is 13.8. The summed E-state index contributed by atoms with van der Waals surface area (Å²) >= 11 is 0. The van der Waals surface area contributed by atoms with Gasteiger partial charge < -0.3 is 0 Å². The van der Waals surface area contributed by atoms with Crippen molar-refractivity contribution in [3.05, 3.63) is 148 Å². The number of benzene rings is 5. The van der Waals surface area contributed by atoms with Crippen molar-refractivity contribution in [2.24, 2.45) is 0 Å². The Morgan fingerprint density at radius 1 is 0.500 bits per heavy atom. The lowest BCUT2D eigenvalue weighted by atomic mass is 9.70. The van der Waals surface area contributed by atoms with Crippen LogP contribution in [0.5, 0.6) is 0 Å². The van der Waals surface area contributed by atoms with E-state index in [9.17, 15) is 10.1 Å². The molecule has 0 fully saturated rings. The van der Waals surface area contributed by atoms with Crippen LogP contribution < -0.4 is 0 Å². The molecule has 0 aromatic heterocycles. The Labute approximate surface area is 197 Å². The minimum atomic E-state index is -0.446. The first-order valence-corrected chi connectivity index (χ1v) is 11.4. The maximum atomic E-state index is 11.8. The maximum absolute atomic E-state index is 11.8. The zero-order valence-electron chi connectivity index (χ0n) is 18.2. The molecule has 0 atom stereocenters. The summed E-state index contributed by atoms with van der Waals surface area (Å²) in [6, 6.07) is 39.2. The summed E-state index contributed by atoms with van der Waals surface area (Å²) in [4.78, 5) is 11.5.